The minimum absolute atomic E-state index is 0.280. The van der Waals surface area contributed by atoms with Crippen LogP contribution in [0.15, 0.2) is 23.2 Å². The third kappa shape index (κ3) is 1.81. The molecule has 1 aliphatic carbocycles. The van der Waals surface area contributed by atoms with Gasteiger partial charge in [0.25, 0.3) is 0 Å². The molecule has 0 atom stereocenters. The lowest BCUT2D eigenvalue weighted by atomic mass is 9.85. The Morgan fingerprint density at radius 2 is 1.94 bits per heavy atom. The van der Waals surface area contributed by atoms with Crippen molar-refractivity contribution in [1.29, 1.82) is 0 Å². The first-order chi connectivity index (χ1) is 7.68. The molecule has 0 unspecified atom stereocenters. The van der Waals surface area contributed by atoms with Crippen LogP contribution < -0.4 is 0 Å². The van der Waals surface area contributed by atoms with Crippen LogP contribution in [-0.4, -0.2) is 6.08 Å². The van der Waals surface area contributed by atoms with Gasteiger partial charge in [-0.15, -0.1) is 0 Å². The highest BCUT2D eigenvalue weighted by Crippen LogP contribution is 2.43. The normalized spacial score (nSPS) is 18.1. The van der Waals surface area contributed by atoms with E-state index in [0.717, 1.165) is 25.7 Å². The van der Waals surface area contributed by atoms with Crippen LogP contribution in [0.5, 0.6) is 0 Å². The highest BCUT2D eigenvalue weighted by molar-refractivity contribution is 5.42. The lowest BCUT2D eigenvalue weighted by molar-refractivity contribution is 0.453. The van der Waals surface area contributed by atoms with Gasteiger partial charge < -0.3 is 0 Å². The van der Waals surface area contributed by atoms with Crippen molar-refractivity contribution in [3.05, 3.63) is 34.9 Å². The van der Waals surface area contributed by atoms with E-state index in [1.165, 1.54) is 16.7 Å². The number of rotatable bonds is 2. The Labute approximate surface area is 96.4 Å². The number of aliphatic imine (C=N–C) groups is 1. The van der Waals surface area contributed by atoms with Crippen LogP contribution in [0, 0.1) is 13.8 Å². The summed E-state index contributed by atoms with van der Waals surface area (Å²) in [5.41, 5.74) is 3.39. The predicted octanol–water partition coefficient (Wildman–Crippen LogP) is 3.41. The number of hydrogen-bond donors (Lipinski definition) is 0. The van der Waals surface area contributed by atoms with E-state index in [-0.39, 0.29) is 5.54 Å². The van der Waals surface area contributed by atoms with Crippen LogP contribution in [-0.2, 0) is 10.3 Å². The number of isocyanates is 1. The molecule has 0 aliphatic heterocycles. The van der Waals surface area contributed by atoms with Crippen LogP contribution in [0.4, 0.5) is 0 Å². The van der Waals surface area contributed by atoms with Crippen LogP contribution in [0.3, 0.4) is 0 Å². The van der Waals surface area contributed by atoms with E-state index in [4.69, 9.17) is 0 Å². The molecular formula is C14H17NO. The molecule has 1 aromatic rings. The Bertz CT molecular complexity index is 438. The molecule has 1 aromatic carbocycles. The van der Waals surface area contributed by atoms with E-state index in [1.807, 2.05) is 0 Å². The third-order valence-corrected chi connectivity index (χ3v) is 3.58. The molecule has 1 saturated carbocycles. The van der Waals surface area contributed by atoms with Gasteiger partial charge in [-0.2, -0.15) is 4.99 Å². The molecule has 2 heteroatoms. The maximum atomic E-state index is 10.6. The number of nitrogens with zero attached hydrogens (tertiary/aromatic N) is 1. The first-order valence-electron chi connectivity index (χ1n) is 5.85. The summed E-state index contributed by atoms with van der Waals surface area (Å²) in [5.74, 6) is 0. The van der Waals surface area contributed by atoms with Crippen molar-refractivity contribution in [3.63, 3.8) is 0 Å². The molecule has 1 fully saturated rings. The molecule has 0 bridgehead atoms. The average molecular weight is 215 g/mol. The van der Waals surface area contributed by atoms with E-state index in [1.54, 1.807) is 6.08 Å². The average Bonchev–Trinajstić information content (AvgIpc) is 2.72. The molecule has 2 rings (SSSR count). The first kappa shape index (κ1) is 11.1. The summed E-state index contributed by atoms with van der Waals surface area (Å²) >= 11 is 0. The van der Waals surface area contributed by atoms with Crippen molar-refractivity contribution >= 4 is 6.08 Å². The molecule has 0 saturated heterocycles. The van der Waals surface area contributed by atoms with E-state index in [9.17, 15) is 4.79 Å². The summed E-state index contributed by atoms with van der Waals surface area (Å²) in [6, 6.07) is 6.39. The molecule has 1 aliphatic rings. The zero-order valence-corrected chi connectivity index (χ0v) is 9.92. The van der Waals surface area contributed by atoms with Gasteiger partial charge in [0.1, 0.15) is 0 Å². The molecule has 0 spiro atoms. The Morgan fingerprint density at radius 3 is 2.56 bits per heavy atom. The molecule has 0 aromatic heterocycles. The number of hydrogen-bond acceptors (Lipinski definition) is 2. The molecule has 16 heavy (non-hydrogen) atoms. The second kappa shape index (κ2) is 4.23. The second-order valence-corrected chi connectivity index (χ2v) is 4.76. The van der Waals surface area contributed by atoms with Gasteiger partial charge in [-0.3, -0.25) is 0 Å². The summed E-state index contributed by atoms with van der Waals surface area (Å²) in [6.07, 6.45) is 6.03. The highest BCUT2D eigenvalue weighted by Gasteiger charge is 2.36. The summed E-state index contributed by atoms with van der Waals surface area (Å²) < 4.78 is 0. The van der Waals surface area contributed by atoms with Crippen LogP contribution in [0.1, 0.15) is 42.4 Å². The molecular weight excluding hydrogens is 198 g/mol. The molecule has 0 radical (unpaired) electrons. The van der Waals surface area contributed by atoms with Gasteiger partial charge in [0, 0.05) is 0 Å². The fraction of sp³-hybridized carbons (Fsp3) is 0.500. The fourth-order valence-corrected chi connectivity index (χ4v) is 2.73. The maximum absolute atomic E-state index is 10.6. The number of benzene rings is 1. The van der Waals surface area contributed by atoms with E-state index in [2.05, 4.69) is 37.0 Å². The van der Waals surface area contributed by atoms with Crippen molar-refractivity contribution in [2.45, 2.75) is 45.1 Å². The Morgan fingerprint density at radius 1 is 1.25 bits per heavy atom. The summed E-state index contributed by atoms with van der Waals surface area (Å²) in [7, 11) is 0. The van der Waals surface area contributed by atoms with Crippen molar-refractivity contribution in [1.82, 2.24) is 0 Å². The lowest BCUT2D eigenvalue weighted by Crippen LogP contribution is -2.20. The molecule has 0 N–H and O–H groups in total. The van der Waals surface area contributed by atoms with Gasteiger partial charge in [-0.25, -0.2) is 4.79 Å². The van der Waals surface area contributed by atoms with Gasteiger partial charge in [-0.1, -0.05) is 36.6 Å². The van der Waals surface area contributed by atoms with Gasteiger partial charge >= 0.3 is 0 Å². The Kier molecular flexibility index (Phi) is 2.93. The van der Waals surface area contributed by atoms with Gasteiger partial charge in [0.2, 0.25) is 6.08 Å². The van der Waals surface area contributed by atoms with Crippen molar-refractivity contribution < 1.29 is 4.79 Å². The monoisotopic (exact) mass is 215 g/mol. The Hall–Kier alpha value is -1.40. The second-order valence-electron chi connectivity index (χ2n) is 4.76. The zero-order valence-electron chi connectivity index (χ0n) is 9.92. The first-order valence-corrected chi connectivity index (χ1v) is 5.85. The number of carbonyl (C=O) groups excluding carboxylic acids is 1. The SMILES string of the molecule is Cc1ccc(C)c(C2(N=C=O)CCCC2)c1. The fourth-order valence-electron chi connectivity index (χ4n) is 2.73. The van der Waals surface area contributed by atoms with E-state index in [0.29, 0.717) is 0 Å². The summed E-state index contributed by atoms with van der Waals surface area (Å²) in [5, 5.41) is 0. The topological polar surface area (TPSA) is 29.4 Å². The largest absolute Gasteiger partial charge is 0.235 e. The van der Waals surface area contributed by atoms with Crippen molar-refractivity contribution in [3.8, 4) is 0 Å². The standard InChI is InChI=1S/C14H17NO/c1-11-5-6-12(2)13(9-11)14(15-10-16)7-3-4-8-14/h5-6,9H,3-4,7-8H2,1-2H3. The van der Waals surface area contributed by atoms with Crippen molar-refractivity contribution in [2.75, 3.05) is 0 Å². The van der Waals surface area contributed by atoms with Crippen LogP contribution in [0.25, 0.3) is 0 Å². The molecule has 84 valence electrons. The lowest BCUT2D eigenvalue weighted by Gasteiger charge is -2.25. The van der Waals surface area contributed by atoms with E-state index >= 15 is 0 Å². The van der Waals surface area contributed by atoms with Crippen LogP contribution in [0.2, 0.25) is 0 Å². The van der Waals surface area contributed by atoms with Gasteiger partial charge in [-0.05, 0) is 37.8 Å². The smallest absolute Gasteiger partial charge is 0.211 e. The van der Waals surface area contributed by atoms with Gasteiger partial charge in [0.05, 0.1) is 5.54 Å². The van der Waals surface area contributed by atoms with Crippen LogP contribution >= 0.6 is 0 Å². The van der Waals surface area contributed by atoms with Crippen molar-refractivity contribution in [2.24, 2.45) is 4.99 Å². The van der Waals surface area contributed by atoms with E-state index < -0.39 is 0 Å². The third-order valence-electron chi connectivity index (χ3n) is 3.58. The quantitative estimate of drug-likeness (QED) is 0.549. The molecule has 0 amide bonds. The Balaban J connectivity index is 2.54. The van der Waals surface area contributed by atoms with Gasteiger partial charge in [0.15, 0.2) is 0 Å². The maximum Gasteiger partial charge on any atom is 0.235 e. The minimum atomic E-state index is -0.280. The summed E-state index contributed by atoms with van der Waals surface area (Å²) in [4.78, 5) is 14.8. The zero-order chi connectivity index (χ0) is 11.6. The molecule has 0 heterocycles. The predicted molar refractivity (Wildman–Crippen MR) is 64.2 cm³/mol. The summed E-state index contributed by atoms with van der Waals surface area (Å²) in [6.45, 7) is 4.17. The highest BCUT2D eigenvalue weighted by atomic mass is 16.1. The number of aryl methyl sites for hydroxylation is 2. The molecule has 2 nitrogen and oxygen atoms in total. The minimum Gasteiger partial charge on any atom is -0.211 e.